The standard InChI is InChI=1S/C26H29ClN4O4S/c1-3-30(4-2)26(33)24(25(32)29-36(34,35)15-14-20-8-6-5-7-9-20)16-22-17-28-31(19-22)18-21-10-12-23(27)13-11-21/h5-15,17,19,24H,3-4,16,18H2,1-2H3,(H,29,32). The summed E-state index contributed by atoms with van der Waals surface area (Å²) in [7, 11) is -4.11. The van der Waals surface area contributed by atoms with E-state index >= 15 is 0 Å². The molecule has 0 aliphatic heterocycles. The molecule has 190 valence electrons. The van der Waals surface area contributed by atoms with Crippen molar-refractivity contribution in [1.29, 1.82) is 0 Å². The SMILES string of the molecule is CCN(CC)C(=O)C(Cc1cnn(Cc2ccc(Cl)cc2)c1)C(=O)NS(=O)(=O)C=Cc1ccccc1. The first-order valence-corrected chi connectivity index (χ1v) is 13.5. The quantitative estimate of drug-likeness (QED) is 0.382. The zero-order valence-corrected chi connectivity index (χ0v) is 21.7. The van der Waals surface area contributed by atoms with Crippen LogP contribution in [-0.2, 0) is 32.6 Å². The molecule has 0 bridgehead atoms. The lowest BCUT2D eigenvalue weighted by Gasteiger charge is -2.24. The maximum atomic E-state index is 13.2. The molecule has 0 spiro atoms. The third-order valence-electron chi connectivity index (χ3n) is 5.56. The number of carbonyl (C=O) groups is 2. The Morgan fingerprint density at radius 1 is 1.06 bits per heavy atom. The van der Waals surface area contributed by atoms with Gasteiger partial charge in [-0.1, -0.05) is 54.1 Å². The summed E-state index contributed by atoms with van der Waals surface area (Å²) in [6, 6.07) is 16.2. The van der Waals surface area contributed by atoms with Crippen LogP contribution in [0.2, 0.25) is 5.02 Å². The first-order valence-electron chi connectivity index (χ1n) is 11.5. The Morgan fingerprint density at radius 3 is 2.36 bits per heavy atom. The van der Waals surface area contributed by atoms with Gasteiger partial charge in [0.1, 0.15) is 5.92 Å². The molecular formula is C26H29ClN4O4S. The van der Waals surface area contributed by atoms with Gasteiger partial charge in [-0.3, -0.25) is 14.3 Å². The van der Waals surface area contributed by atoms with E-state index in [9.17, 15) is 18.0 Å². The molecule has 1 heterocycles. The van der Waals surface area contributed by atoms with Gasteiger partial charge >= 0.3 is 0 Å². The third-order valence-corrected chi connectivity index (χ3v) is 6.79. The van der Waals surface area contributed by atoms with Gasteiger partial charge in [0.25, 0.3) is 10.0 Å². The highest BCUT2D eigenvalue weighted by atomic mass is 35.5. The maximum absolute atomic E-state index is 13.2. The van der Waals surface area contributed by atoms with Gasteiger partial charge < -0.3 is 4.90 Å². The van der Waals surface area contributed by atoms with E-state index in [4.69, 9.17) is 11.6 Å². The van der Waals surface area contributed by atoms with Gasteiger partial charge in [-0.2, -0.15) is 5.10 Å². The van der Waals surface area contributed by atoms with Crippen LogP contribution >= 0.6 is 11.6 Å². The minimum Gasteiger partial charge on any atom is -0.343 e. The van der Waals surface area contributed by atoms with Crippen molar-refractivity contribution >= 4 is 39.5 Å². The lowest BCUT2D eigenvalue weighted by atomic mass is 9.99. The van der Waals surface area contributed by atoms with Gasteiger partial charge in [0, 0.05) is 24.3 Å². The minimum absolute atomic E-state index is 0.0136. The number of halogens is 1. The lowest BCUT2D eigenvalue weighted by Crippen LogP contribution is -2.45. The van der Waals surface area contributed by atoms with Gasteiger partial charge in [-0.15, -0.1) is 0 Å². The fourth-order valence-electron chi connectivity index (χ4n) is 3.64. The predicted molar refractivity (Wildman–Crippen MR) is 140 cm³/mol. The smallest absolute Gasteiger partial charge is 0.257 e. The van der Waals surface area contributed by atoms with Gasteiger partial charge in [0.2, 0.25) is 11.8 Å². The van der Waals surface area contributed by atoms with E-state index in [0.717, 1.165) is 11.0 Å². The van der Waals surface area contributed by atoms with E-state index in [0.29, 0.717) is 35.8 Å². The molecule has 1 unspecified atom stereocenters. The Labute approximate surface area is 216 Å². The van der Waals surface area contributed by atoms with Crippen molar-refractivity contribution in [2.24, 2.45) is 5.92 Å². The summed E-state index contributed by atoms with van der Waals surface area (Å²) in [5.41, 5.74) is 2.29. The highest BCUT2D eigenvalue weighted by Crippen LogP contribution is 2.15. The lowest BCUT2D eigenvalue weighted by molar-refractivity contribution is -0.141. The number of benzene rings is 2. The minimum atomic E-state index is -4.11. The number of hydrogen-bond donors (Lipinski definition) is 1. The molecule has 0 aliphatic rings. The Bertz CT molecular complexity index is 1300. The van der Waals surface area contributed by atoms with Crippen molar-refractivity contribution in [3.8, 4) is 0 Å². The largest absolute Gasteiger partial charge is 0.343 e. The molecule has 2 amide bonds. The van der Waals surface area contributed by atoms with Crippen LogP contribution in [0.25, 0.3) is 6.08 Å². The second-order valence-corrected chi connectivity index (χ2v) is 10.2. The van der Waals surface area contributed by atoms with Crippen molar-refractivity contribution in [3.05, 3.63) is 94.1 Å². The molecule has 0 aliphatic carbocycles. The van der Waals surface area contributed by atoms with Crippen LogP contribution in [0.1, 0.15) is 30.5 Å². The van der Waals surface area contributed by atoms with Gasteiger partial charge in [0.15, 0.2) is 0 Å². The normalized spacial score (nSPS) is 12.4. The van der Waals surface area contributed by atoms with Gasteiger partial charge in [0.05, 0.1) is 18.1 Å². The molecule has 1 aromatic heterocycles. The Morgan fingerprint density at radius 2 is 1.72 bits per heavy atom. The van der Waals surface area contributed by atoms with Crippen molar-refractivity contribution in [1.82, 2.24) is 19.4 Å². The molecule has 36 heavy (non-hydrogen) atoms. The van der Waals surface area contributed by atoms with Crippen molar-refractivity contribution < 1.29 is 18.0 Å². The number of aromatic nitrogens is 2. The van der Waals surface area contributed by atoms with E-state index < -0.39 is 27.8 Å². The molecular weight excluding hydrogens is 500 g/mol. The van der Waals surface area contributed by atoms with E-state index in [-0.39, 0.29) is 6.42 Å². The van der Waals surface area contributed by atoms with Crippen molar-refractivity contribution in [2.75, 3.05) is 13.1 Å². The summed E-state index contributed by atoms with van der Waals surface area (Å²) >= 11 is 5.94. The molecule has 2 aromatic carbocycles. The van der Waals surface area contributed by atoms with Gasteiger partial charge in [-0.25, -0.2) is 13.1 Å². The highest BCUT2D eigenvalue weighted by molar-refractivity contribution is 7.93. The molecule has 0 saturated carbocycles. The summed E-state index contributed by atoms with van der Waals surface area (Å²) in [5.74, 6) is -2.54. The first kappa shape index (κ1) is 27.2. The van der Waals surface area contributed by atoms with Gasteiger partial charge in [-0.05, 0) is 55.2 Å². The molecule has 10 heteroatoms. The fourth-order valence-corrected chi connectivity index (χ4v) is 4.59. The topological polar surface area (TPSA) is 101 Å². The summed E-state index contributed by atoms with van der Waals surface area (Å²) in [6.45, 7) is 4.89. The molecule has 0 radical (unpaired) electrons. The molecule has 3 rings (SSSR count). The zero-order chi connectivity index (χ0) is 26.1. The Kier molecular flexibility index (Phi) is 9.44. The summed E-state index contributed by atoms with van der Waals surface area (Å²) < 4.78 is 28.9. The zero-order valence-electron chi connectivity index (χ0n) is 20.2. The van der Waals surface area contributed by atoms with Crippen LogP contribution < -0.4 is 4.72 Å². The summed E-state index contributed by atoms with van der Waals surface area (Å²) in [6.07, 6.45) is 4.72. The molecule has 8 nitrogen and oxygen atoms in total. The predicted octanol–water partition coefficient (Wildman–Crippen LogP) is 3.73. The molecule has 3 aromatic rings. The molecule has 0 fully saturated rings. The number of sulfonamides is 1. The van der Waals surface area contributed by atoms with Crippen LogP contribution in [0, 0.1) is 5.92 Å². The Balaban J connectivity index is 1.77. The van der Waals surface area contributed by atoms with Crippen LogP contribution in [0.3, 0.4) is 0 Å². The van der Waals surface area contributed by atoms with Crippen molar-refractivity contribution in [2.45, 2.75) is 26.8 Å². The van der Waals surface area contributed by atoms with Crippen LogP contribution in [-0.4, -0.2) is 48.0 Å². The Hall–Kier alpha value is -3.43. The maximum Gasteiger partial charge on any atom is 0.257 e. The van der Waals surface area contributed by atoms with Crippen LogP contribution in [0.4, 0.5) is 0 Å². The molecule has 0 saturated heterocycles. The second kappa shape index (κ2) is 12.5. The monoisotopic (exact) mass is 528 g/mol. The average molecular weight is 529 g/mol. The number of rotatable bonds is 11. The van der Waals surface area contributed by atoms with E-state index in [1.807, 2.05) is 22.9 Å². The first-order chi connectivity index (χ1) is 17.2. The number of amides is 2. The molecule has 1 N–H and O–H groups in total. The highest BCUT2D eigenvalue weighted by Gasteiger charge is 2.32. The number of carbonyl (C=O) groups excluding carboxylic acids is 2. The number of hydrogen-bond acceptors (Lipinski definition) is 5. The molecule has 1 atom stereocenters. The third kappa shape index (κ3) is 7.79. The second-order valence-electron chi connectivity index (χ2n) is 8.16. The van der Waals surface area contributed by atoms with Crippen molar-refractivity contribution in [3.63, 3.8) is 0 Å². The number of nitrogens with one attached hydrogen (secondary N) is 1. The van der Waals surface area contributed by atoms with E-state index in [1.54, 1.807) is 67.3 Å². The number of nitrogens with zero attached hydrogens (tertiary/aromatic N) is 3. The summed E-state index contributed by atoms with van der Waals surface area (Å²) in [4.78, 5) is 27.7. The fraction of sp³-hybridized carbons (Fsp3) is 0.269. The van der Waals surface area contributed by atoms with Crippen LogP contribution in [0.5, 0.6) is 0 Å². The van der Waals surface area contributed by atoms with Crippen LogP contribution in [0.15, 0.2) is 72.4 Å². The average Bonchev–Trinajstić information content (AvgIpc) is 3.30. The van der Waals surface area contributed by atoms with E-state index in [2.05, 4.69) is 5.10 Å². The van der Waals surface area contributed by atoms with E-state index in [1.165, 1.54) is 11.0 Å². The summed E-state index contributed by atoms with van der Waals surface area (Å²) in [5, 5.41) is 5.88.